The van der Waals surface area contributed by atoms with Crippen LogP contribution < -0.4 is 0 Å². The Morgan fingerprint density at radius 1 is 1.15 bits per heavy atom. The molecule has 1 N–H and O–H groups in total. The number of carbonyl (C=O) groups is 2. The third kappa shape index (κ3) is 5.19. The smallest absolute Gasteiger partial charge is 0.306 e. The normalized spacial score (nSPS) is 10.6. The molecule has 2 rings (SSSR count). The van der Waals surface area contributed by atoms with Crippen LogP contribution >= 0.6 is 23.2 Å². The van der Waals surface area contributed by atoms with E-state index in [1.807, 2.05) is 6.92 Å². The molecule has 26 heavy (non-hydrogen) atoms. The first-order valence-corrected chi connectivity index (χ1v) is 8.89. The number of pyridine rings is 1. The summed E-state index contributed by atoms with van der Waals surface area (Å²) in [5, 5.41) is 11.0. The molecule has 7 heteroatoms. The molecule has 5 nitrogen and oxygen atoms in total. The van der Waals surface area contributed by atoms with E-state index in [0.717, 1.165) is 5.56 Å². The maximum Gasteiger partial charge on any atom is 0.306 e. The van der Waals surface area contributed by atoms with Gasteiger partial charge in [-0.2, -0.15) is 0 Å². The van der Waals surface area contributed by atoms with Gasteiger partial charge in [0.2, 0.25) is 0 Å². The molecule has 0 aliphatic carbocycles. The number of esters is 1. The number of nitrogens with zero attached hydrogens (tertiary/aromatic N) is 1. The van der Waals surface area contributed by atoms with Crippen molar-refractivity contribution in [3.63, 3.8) is 0 Å². The number of ether oxygens (including phenoxy) is 1. The summed E-state index contributed by atoms with van der Waals surface area (Å²) in [7, 11) is 0. The molecule has 0 bridgehead atoms. The Hall–Kier alpha value is -2.11. The molecule has 0 saturated carbocycles. The molecule has 0 atom stereocenters. The number of aromatic nitrogens is 1. The van der Waals surface area contributed by atoms with Gasteiger partial charge < -0.3 is 9.84 Å². The first kappa shape index (κ1) is 20.2. The Labute approximate surface area is 161 Å². The molecule has 0 unspecified atom stereocenters. The van der Waals surface area contributed by atoms with E-state index in [1.165, 1.54) is 6.07 Å². The van der Waals surface area contributed by atoms with Crippen molar-refractivity contribution in [2.24, 2.45) is 0 Å². The number of hydrogen-bond donors (Lipinski definition) is 1. The number of ketones is 1. The van der Waals surface area contributed by atoms with Gasteiger partial charge in [0.15, 0.2) is 5.78 Å². The van der Waals surface area contributed by atoms with E-state index >= 15 is 0 Å². The highest BCUT2D eigenvalue weighted by molar-refractivity contribution is 6.36. The molecular weight excluding hydrogens is 377 g/mol. The van der Waals surface area contributed by atoms with Crippen molar-refractivity contribution >= 4 is 35.0 Å². The number of aryl methyl sites for hydroxylation is 1. The molecule has 2 aromatic rings. The minimum Gasteiger partial charge on any atom is -0.506 e. The molecule has 0 aliphatic heterocycles. The summed E-state index contributed by atoms with van der Waals surface area (Å²) < 4.78 is 4.79. The lowest BCUT2D eigenvalue weighted by molar-refractivity contribution is -0.143. The largest absolute Gasteiger partial charge is 0.506 e. The number of carbonyl (C=O) groups excluding carboxylic acids is 2. The van der Waals surface area contributed by atoms with Crippen molar-refractivity contribution in [2.45, 2.75) is 33.1 Å². The zero-order chi connectivity index (χ0) is 19.3. The standard InChI is InChI=1S/C19H19Cl2NO4/c1-3-26-18(25)7-6-17(24)19-16(23)5-4-12(22-19)10-13-14(20)8-11(2)9-15(13)21/h4-5,8-9,23H,3,6-7,10H2,1-2H3. The van der Waals surface area contributed by atoms with Gasteiger partial charge in [-0.3, -0.25) is 9.59 Å². The lowest BCUT2D eigenvalue weighted by atomic mass is 10.1. The molecule has 0 radical (unpaired) electrons. The molecule has 1 heterocycles. The Bertz CT molecular complexity index is 813. The summed E-state index contributed by atoms with van der Waals surface area (Å²) in [4.78, 5) is 27.9. The van der Waals surface area contributed by atoms with Crippen LogP contribution in [-0.2, 0) is 16.0 Å². The van der Waals surface area contributed by atoms with E-state index < -0.39 is 11.8 Å². The fraction of sp³-hybridized carbons (Fsp3) is 0.316. The number of hydrogen-bond acceptors (Lipinski definition) is 5. The van der Waals surface area contributed by atoms with Crippen LogP contribution in [0.25, 0.3) is 0 Å². The SMILES string of the molecule is CCOC(=O)CCC(=O)c1nc(Cc2c(Cl)cc(C)cc2Cl)ccc1O. The molecule has 0 aliphatic rings. The molecular formula is C19H19Cl2NO4. The fourth-order valence-electron chi connectivity index (χ4n) is 2.44. The maximum absolute atomic E-state index is 12.3. The monoisotopic (exact) mass is 395 g/mol. The van der Waals surface area contributed by atoms with Crippen molar-refractivity contribution in [2.75, 3.05) is 6.61 Å². The van der Waals surface area contributed by atoms with Gasteiger partial charge in [0.25, 0.3) is 0 Å². The van der Waals surface area contributed by atoms with Crippen LogP contribution in [-0.4, -0.2) is 28.4 Å². The second-order valence-electron chi connectivity index (χ2n) is 5.78. The Morgan fingerprint density at radius 3 is 2.42 bits per heavy atom. The third-order valence-electron chi connectivity index (χ3n) is 3.70. The van der Waals surface area contributed by atoms with Crippen molar-refractivity contribution in [3.8, 4) is 5.75 Å². The van der Waals surface area contributed by atoms with E-state index in [0.29, 0.717) is 27.7 Å². The molecule has 1 aromatic carbocycles. The fourth-order valence-corrected chi connectivity index (χ4v) is 3.17. The highest BCUT2D eigenvalue weighted by Gasteiger charge is 2.17. The second kappa shape index (κ2) is 9.01. The van der Waals surface area contributed by atoms with Gasteiger partial charge in [0.1, 0.15) is 11.4 Å². The van der Waals surface area contributed by atoms with Crippen molar-refractivity contribution in [1.82, 2.24) is 4.98 Å². The summed E-state index contributed by atoms with van der Waals surface area (Å²) in [6.45, 7) is 3.84. The van der Waals surface area contributed by atoms with Crippen LogP contribution in [0, 0.1) is 6.92 Å². The summed E-state index contributed by atoms with van der Waals surface area (Å²) in [5.74, 6) is -1.13. The highest BCUT2D eigenvalue weighted by atomic mass is 35.5. The first-order valence-electron chi connectivity index (χ1n) is 8.14. The topological polar surface area (TPSA) is 76.5 Å². The predicted octanol–water partition coefficient (Wildman–Crippen LogP) is 4.52. The molecule has 0 amide bonds. The average Bonchev–Trinajstić information content (AvgIpc) is 2.57. The molecule has 1 aromatic heterocycles. The van der Waals surface area contributed by atoms with Crippen LogP contribution in [0.1, 0.15) is 47.1 Å². The number of Topliss-reactive ketones (excluding diaryl/α,β-unsaturated/α-hetero) is 1. The Morgan fingerprint density at radius 2 is 1.81 bits per heavy atom. The van der Waals surface area contributed by atoms with E-state index in [9.17, 15) is 14.7 Å². The van der Waals surface area contributed by atoms with Gasteiger partial charge in [-0.1, -0.05) is 23.2 Å². The van der Waals surface area contributed by atoms with Crippen molar-refractivity contribution in [3.05, 3.63) is 56.8 Å². The van der Waals surface area contributed by atoms with Crippen molar-refractivity contribution in [1.29, 1.82) is 0 Å². The zero-order valence-electron chi connectivity index (χ0n) is 14.5. The molecule has 0 spiro atoms. The van der Waals surface area contributed by atoms with Crippen LogP contribution in [0.3, 0.4) is 0 Å². The minimum atomic E-state index is -0.463. The minimum absolute atomic E-state index is 0.0619. The molecule has 138 valence electrons. The van der Waals surface area contributed by atoms with Gasteiger partial charge in [-0.05, 0) is 49.2 Å². The van der Waals surface area contributed by atoms with Crippen LogP contribution in [0.5, 0.6) is 5.75 Å². The van der Waals surface area contributed by atoms with E-state index in [-0.39, 0.29) is 30.9 Å². The van der Waals surface area contributed by atoms with Crippen LogP contribution in [0.15, 0.2) is 24.3 Å². The lowest BCUT2D eigenvalue weighted by Gasteiger charge is -2.10. The number of aromatic hydroxyl groups is 1. The molecule has 0 fully saturated rings. The average molecular weight is 396 g/mol. The van der Waals surface area contributed by atoms with Gasteiger partial charge in [-0.15, -0.1) is 0 Å². The van der Waals surface area contributed by atoms with Crippen molar-refractivity contribution < 1.29 is 19.4 Å². The summed E-state index contributed by atoms with van der Waals surface area (Å²) in [6.07, 6.45) is 0.166. The van der Waals surface area contributed by atoms with Gasteiger partial charge in [0, 0.05) is 28.6 Å². The van der Waals surface area contributed by atoms with Gasteiger partial charge in [-0.25, -0.2) is 4.98 Å². The van der Waals surface area contributed by atoms with Gasteiger partial charge >= 0.3 is 5.97 Å². The summed E-state index contributed by atoms with van der Waals surface area (Å²) in [6, 6.07) is 6.60. The summed E-state index contributed by atoms with van der Waals surface area (Å²) >= 11 is 12.5. The zero-order valence-corrected chi connectivity index (χ0v) is 16.0. The lowest BCUT2D eigenvalue weighted by Crippen LogP contribution is -2.10. The van der Waals surface area contributed by atoms with E-state index in [2.05, 4.69) is 4.98 Å². The maximum atomic E-state index is 12.3. The Kier molecular flexibility index (Phi) is 7.00. The van der Waals surface area contributed by atoms with Crippen LogP contribution in [0.2, 0.25) is 10.0 Å². The second-order valence-corrected chi connectivity index (χ2v) is 6.60. The Balaban J connectivity index is 2.19. The number of halogens is 2. The van der Waals surface area contributed by atoms with E-state index in [1.54, 1.807) is 25.1 Å². The number of benzene rings is 1. The predicted molar refractivity (Wildman–Crippen MR) is 100 cm³/mol. The third-order valence-corrected chi connectivity index (χ3v) is 4.37. The number of rotatable bonds is 7. The van der Waals surface area contributed by atoms with Crippen LogP contribution in [0.4, 0.5) is 0 Å². The van der Waals surface area contributed by atoms with E-state index in [4.69, 9.17) is 27.9 Å². The molecule has 0 saturated heterocycles. The quantitative estimate of drug-likeness (QED) is 0.550. The highest BCUT2D eigenvalue weighted by Crippen LogP contribution is 2.29. The summed E-state index contributed by atoms with van der Waals surface area (Å²) in [5.41, 5.74) is 2.10. The first-order chi connectivity index (χ1) is 12.3. The van der Waals surface area contributed by atoms with Gasteiger partial charge in [0.05, 0.1) is 13.0 Å².